The number of hydrogen-bond donors (Lipinski definition) is 1. The number of anilines is 2. The molecule has 0 bridgehead atoms. The lowest BCUT2D eigenvalue weighted by molar-refractivity contribution is 0.102. The molecule has 4 aliphatic rings. The third kappa shape index (κ3) is 4.77. The number of nitrogens with one attached hydrogen (secondary N) is 1. The van der Waals surface area contributed by atoms with Crippen LogP contribution in [-0.2, 0) is 0 Å². The maximum atomic E-state index is 14.5. The van der Waals surface area contributed by atoms with Crippen LogP contribution >= 0.6 is 0 Å². The zero-order chi connectivity index (χ0) is 25.8. The molecule has 3 aromatic heterocycles. The third-order valence-electron chi connectivity index (χ3n) is 8.72. The van der Waals surface area contributed by atoms with Gasteiger partial charge in [0.15, 0.2) is 17.3 Å². The van der Waals surface area contributed by atoms with Crippen LogP contribution in [0.5, 0.6) is 0 Å². The predicted octanol–water partition coefficient (Wildman–Crippen LogP) is 4.93. The first kappa shape index (κ1) is 24.0. The van der Waals surface area contributed by atoms with Crippen LogP contribution in [0.3, 0.4) is 0 Å². The summed E-state index contributed by atoms with van der Waals surface area (Å²) in [4.78, 5) is 32.3. The molecule has 200 valence electrons. The van der Waals surface area contributed by atoms with Gasteiger partial charge in [-0.05, 0) is 57.8 Å². The molecular weight excluding hydrogens is 481 g/mol. The number of carbonyl (C=O) groups excluding carboxylic acids is 1. The van der Waals surface area contributed by atoms with E-state index in [1.165, 1.54) is 57.6 Å². The zero-order valence-electron chi connectivity index (χ0n) is 22.1. The first-order valence-corrected chi connectivity index (χ1v) is 14.4. The molecule has 1 atom stereocenters. The van der Waals surface area contributed by atoms with Gasteiger partial charge in [-0.2, -0.15) is 0 Å². The molecule has 0 radical (unpaired) electrons. The molecule has 1 amide bonds. The Labute approximate surface area is 222 Å². The number of aromatic nitrogens is 4. The van der Waals surface area contributed by atoms with E-state index < -0.39 is 5.82 Å². The largest absolute Gasteiger partial charge is 0.355 e. The maximum absolute atomic E-state index is 14.5. The Morgan fingerprint density at radius 1 is 1.08 bits per heavy atom. The second kappa shape index (κ2) is 9.59. The summed E-state index contributed by atoms with van der Waals surface area (Å²) in [6.07, 6.45) is 16.2. The maximum Gasteiger partial charge on any atom is 0.275 e. The second-order valence-corrected chi connectivity index (χ2v) is 11.8. The third-order valence-corrected chi connectivity index (χ3v) is 8.72. The molecule has 0 unspecified atom stereocenters. The van der Waals surface area contributed by atoms with Gasteiger partial charge in [-0.1, -0.05) is 12.8 Å². The van der Waals surface area contributed by atoms with Crippen LogP contribution in [0.4, 0.5) is 15.9 Å². The number of halogens is 1. The van der Waals surface area contributed by atoms with Crippen molar-refractivity contribution < 1.29 is 9.18 Å². The van der Waals surface area contributed by atoms with E-state index in [0.29, 0.717) is 23.2 Å². The summed E-state index contributed by atoms with van der Waals surface area (Å²) >= 11 is 0. The Hall–Kier alpha value is -3.07. The molecule has 0 spiro atoms. The molecule has 8 nitrogen and oxygen atoms in total. The van der Waals surface area contributed by atoms with Crippen molar-refractivity contribution in [2.75, 3.05) is 29.9 Å². The fourth-order valence-corrected chi connectivity index (χ4v) is 6.55. The van der Waals surface area contributed by atoms with Gasteiger partial charge < -0.3 is 14.6 Å². The molecule has 38 heavy (non-hydrogen) atoms. The van der Waals surface area contributed by atoms with Crippen molar-refractivity contribution in [2.24, 2.45) is 5.92 Å². The molecule has 3 aromatic rings. The normalized spacial score (nSPS) is 22.2. The van der Waals surface area contributed by atoms with E-state index in [-0.39, 0.29) is 17.2 Å². The fourth-order valence-electron chi connectivity index (χ4n) is 6.55. The molecular formula is C29H36FN7O. The minimum atomic E-state index is -0.477. The molecule has 7 rings (SSSR count). The molecule has 0 aromatic carbocycles. The highest BCUT2D eigenvalue weighted by atomic mass is 19.1. The van der Waals surface area contributed by atoms with Crippen LogP contribution in [0.1, 0.15) is 85.6 Å². The van der Waals surface area contributed by atoms with E-state index in [1.807, 2.05) is 6.92 Å². The lowest BCUT2D eigenvalue weighted by atomic mass is 10.0. The molecule has 3 saturated carbocycles. The van der Waals surface area contributed by atoms with E-state index in [9.17, 15) is 9.18 Å². The molecule has 1 saturated heterocycles. The van der Waals surface area contributed by atoms with Crippen molar-refractivity contribution in [3.05, 3.63) is 47.6 Å². The summed E-state index contributed by atoms with van der Waals surface area (Å²) in [5.74, 6) is 1.11. The second-order valence-electron chi connectivity index (χ2n) is 11.8. The van der Waals surface area contributed by atoms with Gasteiger partial charge in [-0.15, -0.1) is 0 Å². The van der Waals surface area contributed by atoms with Crippen LogP contribution in [0.2, 0.25) is 0 Å². The standard InChI is InChI=1S/C29H36FN7O/c1-18-14-36-17-21(12-24(30)27(36)32-18)33-29(38)25-13-31-28(26(34-25)20-4-2-3-5-20)35-11-10-19(15-35)16-37(22-6-7-22)23-8-9-23/h12-14,17,19-20,22-23H,2-11,15-16H2,1H3,(H,33,38)/t19-/m1/s1. The van der Waals surface area contributed by atoms with E-state index in [0.717, 1.165) is 49.5 Å². The lowest BCUT2D eigenvalue weighted by Gasteiger charge is -2.26. The smallest absolute Gasteiger partial charge is 0.275 e. The quantitative estimate of drug-likeness (QED) is 0.456. The van der Waals surface area contributed by atoms with Crippen molar-refractivity contribution in [2.45, 2.75) is 82.7 Å². The van der Waals surface area contributed by atoms with E-state index in [2.05, 4.69) is 20.1 Å². The van der Waals surface area contributed by atoms with Gasteiger partial charge in [-0.3, -0.25) is 9.69 Å². The predicted molar refractivity (Wildman–Crippen MR) is 144 cm³/mol. The summed E-state index contributed by atoms with van der Waals surface area (Å²) in [5.41, 5.74) is 2.57. The van der Waals surface area contributed by atoms with Crippen LogP contribution in [-0.4, -0.2) is 61.9 Å². The SMILES string of the molecule is Cc1cn2cc(NC(=O)c3cnc(N4CC[C@@H](CN(C5CC5)C5CC5)C4)c(C4CCCC4)n3)cc(F)c2n1. The van der Waals surface area contributed by atoms with Crippen molar-refractivity contribution in [3.63, 3.8) is 0 Å². The molecule has 9 heteroatoms. The molecule has 1 aliphatic heterocycles. The zero-order valence-corrected chi connectivity index (χ0v) is 22.1. The molecule has 3 aliphatic carbocycles. The Kier molecular flexibility index (Phi) is 6.06. The van der Waals surface area contributed by atoms with Crippen LogP contribution in [0, 0.1) is 18.7 Å². The number of hydrogen-bond acceptors (Lipinski definition) is 6. The average Bonchev–Trinajstić information content (AvgIpc) is 3.78. The van der Waals surface area contributed by atoms with Crippen molar-refractivity contribution >= 4 is 23.1 Å². The Morgan fingerprint density at radius 2 is 1.84 bits per heavy atom. The highest BCUT2D eigenvalue weighted by Crippen LogP contribution is 2.41. The number of fused-ring (bicyclic) bond motifs is 1. The highest BCUT2D eigenvalue weighted by molar-refractivity contribution is 6.02. The Bertz CT molecular complexity index is 1350. The number of rotatable bonds is 8. The van der Waals surface area contributed by atoms with E-state index in [4.69, 9.17) is 9.97 Å². The molecule has 4 heterocycles. The number of pyridine rings is 1. The Morgan fingerprint density at radius 3 is 2.58 bits per heavy atom. The summed E-state index contributed by atoms with van der Waals surface area (Å²) < 4.78 is 16.1. The lowest BCUT2D eigenvalue weighted by Crippen LogP contribution is -2.35. The monoisotopic (exact) mass is 517 g/mol. The topological polar surface area (TPSA) is 78.7 Å². The summed E-state index contributed by atoms with van der Waals surface area (Å²) in [5, 5.41) is 2.82. The number of aryl methyl sites for hydroxylation is 1. The van der Waals surface area contributed by atoms with Crippen molar-refractivity contribution in [1.29, 1.82) is 0 Å². The van der Waals surface area contributed by atoms with Gasteiger partial charge >= 0.3 is 0 Å². The van der Waals surface area contributed by atoms with Gasteiger partial charge in [-0.25, -0.2) is 19.3 Å². The van der Waals surface area contributed by atoms with Gasteiger partial charge in [0, 0.05) is 56.1 Å². The van der Waals surface area contributed by atoms with Gasteiger partial charge in [0.2, 0.25) is 0 Å². The van der Waals surface area contributed by atoms with E-state index in [1.54, 1.807) is 23.0 Å². The summed E-state index contributed by atoms with van der Waals surface area (Å²) in [6.45, 7) is 5.03. The average molecular weight is 518 g/mol. The number of nitrogens with zero attached hydrogens (tertiary/aromatic N) is 6. The minimum Gasteiger partial charge on any atom is -0.355 e. The first-order valence-electron chi connectivity index (χ1n) is 14.4. The van der Waals surface area contributed by atoms with E-state index >= 15 is 0 Å². The number of carbonyl (C=O) groups is 1. The number of imidazole rings is 1. The van der Waals surface area contributed by atoms with Crippen LogP contribution in [0.15, 0.2) is 24.7 Å². The summed E-state index contributed by atoms with van der Waals surface area (Å²) in [7, 11) is 0. The highest BCUT2D eigenvalue weighted by Gasteiger charge is 2.41. The van der Waals surface area contributed by atoms with Gasteiger partial charge in [0.25, 0.3) is 5.91 Å². The molecule has 1 N–H and O–H groups in total. The first-order chi connectivity index (χ1) is 18.5. The fraction of sp³-hybridized carbons (Fsp3) is 0.586. The van der Waals surface area contributed by atoms with Crippen LogP contribution < -0.4 is 10.2 Å². The van der Waals surface area contributed by atoms with Gasteiger partial charge in [0.1, 0.15) is 5.69 Å². The summed E-state index contributed by atoms with van der Waals surface area (Å²) in [6, 6.07) is 2.96. The van der Waals surface area contributed by atoms with Gasteiger partial charge in [0.05, 0.1) is 23.3 Å². The Balaban J connectivity index is 1.10. The molecule has 4 fully saturated rings. The van der Waals surface area contributed by atoms with Crippen molar-refractivity contribution in [3.8, 4) is 0 Å². The van der Waals surface area contributed by atoms with Crippen molar-refractivity contribution in [1.82, 2.24) is 24.3 Å². The number of amides is 1. The minimum absolute atomic E-state index is 0.245. The van der Waals surface area contributed by atoms with Crippen LogP contribution in [0.25, 0.3) is 5.65 Å².